The molecule has 5 rings (SSSR count). The van der Waals surface area contributed by atoms with Crippen LogP contribution in [0.5, 0.6) is 0 Å². The summed E-state index contributed by atoms with van der Waals surface area (Å²) in [5.74, 6) is -0.108. The van der Waals surface area contributed by atoms with Gasteiger partial charge in [0.25, 0.3) is 0 Å². The Kier molecular flexibility index (Phi) is 7.82. The van der Waals surface area contributed by atoms with Crippen molar-refractivity contribution in [3.05, 3.63) is 89.4 Å². The van der Waals surface area contributed by atoms with Crippen LogP contribution in [0.1, 0.15) is 5.69 Å². The monoisotopic (exact) mass is 536 g/mol. The zero-order valence-corrected chi connectivity index (χ0v) is 21.7. The molecule has 1 amide bonds. The average Bonchev–Trinajstić information content (AvgIpc) is 2.98. The number of nitrogens with zero attached hydrogens (tertiary/aromatic N) is 6. The lowest BCUT2D eigenvalue weighted by Gasteiger charge is -2.35. The van der Waals surface area contributed by atoms with Gasteiger partial charge in [0, 0.05) is 62.0 Å². The largest absolute Gasteiger partial charge is 0.395 e. The number of hydrogen-bond acceptors (Lipinski definition) is 9. The molecule has 0 unspecified atom stereocenters. The number of rotatable bonds is 8. The highest BCUT2D eigenvalue weighted by atomic mass is 16.3. The summed E-state index contributed by atoms with van der Waals surface area (Å²) in [6.07, 6.45) is 2.60. The Hall–Kier alpha value is -5.05. The van der Waals surface area contributed by atoms with E-state index in [0.717, 1.165) is 37.6 Å². The minimum absolute atomic E-state index is 0.0952. The van der Waals surface area contributed by atoms with E-state index in [4.69, 9.17) is 5.11 Å². The number of pyridine rings is 1. The summed E-state index contributed by atoms with van der Waals surface area (Å²) in [5, 5.41) is 25.1. The van der Waals surface area contributed by atoms with Gasteiger partial charge in [-0.2, -0.15) is 10.2 Å². The number of hydrogen-bond donors (Lipinski definition) is 3. The van der Waals surface area contributed by atoms with Crippen molar-refractivity contribution >= 4 is 40.0 Å². The maximum atomic E-state index is 12.8. The van der Waals surface area contributed by atoms with Crippen molar-refractivity contribution in [3.63, 3.8) is 0 Å². The molecule has 4 aromatic rings. The number of anilines is 4. The molecule has 1 fully saturated rings. The van der Waals surface area contributed by atoms with Crippen molar-refractivity contribution < 1.29 is 9.90 Å². The number of aromatic nitrogens is 3. The van der Waals surface area contributed by atoms with Crippen LogP contribution in [0.15, 0.2) is 78.2 Å². The van der Waals surface area contributed by atoms with Crippen molar-refractivity contribution in [2.75, 3.05) is 54.9 Å². The van der Waals surface area contributed by atoms with Crippen molar-refractivity contribution in [2.24, 2.45) is 0 Å². The van der Waals surface area contributed by atoms with Gasteiger partial charge in [-0.3, -0.25) is 19.1 Å². The Morgan fingerprint density at radius 3 is 2.55 bits per heavy atom. The number of amides is 1. The minimum Gasteiger partial charge on any atom is -0.395 e. The maximum Gasteiger partial charge on any atom is 0.247 e. The highest BCUT2D eigenvalue weighted by Gasteiger charge is 2.17. The number of benzene rings is 2. The first-order valence-corrected chi connectivity index (χ1v) is 12.8. The van der Waals surface area contributed by atoms with Crippen molar-refractivity contribution in [3.8, 4) is 11.8 Å². The van der Waals surface area contributed by atoms with Gasteiger partial charge in [0.1, 0.15) is 11.8 Å². The number of carbonyl (C=O) groups excluding carboxylic acids is 1. The van der Waals surface area contributed by atoms with Gasteiger partial charge in [0.2, 0.25) is 11.9 Å². The van der Waals surface area contributed by atoms with E-state index in [2.05, 4.69) is 43.0 Å². The molecule has 11 nitrogen and oxygen atoms in total. The highest BCUT2D eigenvalue weighted by molar-refractivity contribution is 5.99. The van der Waals surface area contributed by atoms with Crippen LogP contribution in [0.2, 0.25) is 0 Å². The first kappa shape index (κ1) is 26.6. The minimum atomic E-state index is -0.369. The van der Waals surface area contributed by atoms with Gasteiger partial charge >= 0.3 is 0 Å². The molecule has 0 atom stereocenters. The summed E-state index contributed by atoms with van der Waals surface area (Å²) in [6.45, 7) is 7.92. The summed E-state index contributed by atoms with van der Waals surface area (Å²) >= 11 is 0. The average molecular weight is 537 g/mol. The third-order valence-corrected chi connectivity index (χ3v) is 6.70. The van der Waals surface area contributed by atoms with E-state index >= 15 is 0 Å². The lowest BCUT2D eigenvalue weighted by molar-refractivity contribution is -0.111. The molecular weight excluding hydrogens is 508 g/mol. The second kappa shape index (κ2) is 11.8. The summed E-state index contributed by atoms with van der Waals surface area (Å²) in [5.41, 5.74) is 2.89. The van der Waals surface area contributed by atoms with Crippen molar-refractivity contribution in [1.82, 2.24) is 19.4 Å². The number of aliphatic hydroxyl groups is 1. The van der Waals surface area contributed by atoms with E-state index in [1.807, 2.05) is 24.3 Å². The number of fused-ring (bicyclic) bond motifs is 1. The van der Waals surface area contributed by atoms with Crippen LogP contribution in [-0.4, -0.2) is 69.8 Å². The third kappa shape index (κ3) is 5.68. The van der Waals surface area contributed by atoms with E-state index in [9.17, 15) is 14.9 Å². The molecule has 2 aromatic carbocycles. The molecule has 11 heteroatoms. The van der Waals surface area contributed by atoms with Crippen LogP contribution in [0.3, 0.4) is 0 Å². The molecule has 0 spiro atoms. The zero-order chi connectivity index (χ0) is 28.1. The molecular formula is C29H28N8O3. The van der Waals surface area contributed by atoms with Crippen LogP contribution in [0, 0.1) is 11.3 Å². The van der Waals surface area contributed by atoms with Gasteiger partial charge in [-0.1, -0.05) is 12.6 Å². The van der Waals surface area contributed by atoms with Crippen LogP contribution < -0.4 is 21.0 Å². The normalized spacial score (nSPS) is 13.6. The number of aliphatic hydroxyl groups excluding tert-OH is 1. The summed E-state index contributed by atoms with van der Waals surface area (Å²) in [4.78, 5) is 38.1. The van der Waals surface area contributed by atoms with Crippen LogP contribution >= 0.6 is 0 Å². The van der Waals surface area contributed by atoms with Crippen LogP contribution in [-0.2, 0) is 4.79 Å². The first-order valence-electron chi connectivity index (χ1n) is 12.8. The Morgan fingerprint density at radius 1 is 1.07 bits per heavy atom. The van der Waals surface area contributed by atoms with E-state index in [1.165, 1.54) is 18.3 Å². The molecule has 3 N–H and O–H groups in total. The quantitative estimate of drug-likeness (QED) is 0.290. The number of carbonyl (C=O) groups is 1. The Labute approximate surface area is 230 Å². The van der Waals surface area contributed by atoms with E-state index in [-0.39, 0.29) is 40.6 Å². The zero-order valence-electron chi connectivity index (χ0n) is 21.7. The van der Waals surface area contributed by atoms with Gasteiger partial charge in [-0.15, -0.1) is 0 Å². The van der Waals surface area contributed by atoms with E-state index < -0.39 is 0 Å². The number of β-amino-alcohol motifs (C(OH)–C–C–N with tert-alkyl or cyclic N) is 1. The Balaban J connectivity index is 1.44. The van der Waals surface area contributed by atoms with Crippen LogP contribution in [0.25, 0.3) is 16.7 Å². The van der Waals surface area contributed by atoms with Crippen molar-refractivity contribution in [1.29, 1.82) is 5.26 Å². The smallest absolute Gasteiger partial charge is 0.247 e. The lowest BCUT2D eigenvalue weighted by Crippen LogP contribution is -2.47. The molecule has 0 bridgehead atoms. The van der Waals surface area contributed by atoms with Gasteiger partial charge in [-0.25, -0.2) is 4.98 Å². The SMILES string of the molecule is C=CC(=O)Nc1cccc(-n2c(C#N)cc(=O)c3cnc(Nc4ccc(N5CCN(CCO)CC5)cc4)nc32)c1. The second-order valence-electron chi connectivity index (χ2n) is 9.24. The van der Waals surface area contributed by atoms with Crippen LogP contribution in [0.4, 0.5) is 23.0 Å². The topological polar surface area (TPSA) is 139 Å². The molecule has 3 heterocycles. The molecule has 0 radical (unpaired) electrons. The van der Waals surface area contributed by atoms with E-state index in [1.54, 1.807) is 28.8 Å². The number of nitriles is 1. The highest BCUT2D eigenvalue weighted by Crippen LogP contribution is 2.24. The molecule has 1 saturated heterocycles. The van der Waals surface area contributed by atoms with Gasteiger partial charge in [0.05, 0.1) is 17.7 Å². The lowest BCUT2D eigenvalue weighted by atomic mass is 10.2. The molecule has 0 aliphatic carbocycles. The summed E-state index contributed by atoms with van der Waals surface area (Å²) in [6, 6.07) is 18.1. The first-order chi connectivity index (χ1) is 19.5. The summed E-state index contributed by atoms with van der Waals surface area (Å²) < 4.78 is 1.56. The third-order valence-electron chi connectivity index (χ3n) is 6.70. The second-order valence-corrected chi connectivity index (χ2v) is 9.24. The molecule has 0 saturated carbocycles. The van der Waals surface area contributed by atoms with Gasteiger partial charge in [0.15, 0.2) is 11.1 Å². The predicted octanol–water partition coefficient (Wildman–Crippen LogP) is 2.63. The van der Waals surface area contributed by atoms with Gasteiger partial charge in [-0.05, 0) is 48.5 Å². The Bertz CT molecular complexity index is 1650. The molecule has 1 aliphatic heterocycles. The maximum absolute atomic E-state index is 12.8. The van der Waals surface area contributed by atoms with E-state index in [0.29, 0.717) is 17.9 Å². The fourth-order valence-electron chi connectivity index (χ4n) is 4.67. The molecule has 202 valence electrons. The fraction of sp³-hybridized carbons (Fsp3) is 0.207. The standard InChI is InChI=1S/C29H28N8O3/c1-2-27(40)32-21-4-3-5-23(16-21)37-24(18-30)17-26(39)25-19-31-29(34-28(25)37)33-20-6-8-22(9-7-20)36-12-10-35(11-13-36)14-15-38/h2-9,16-17,19,38H,1,10-15H2,(H,32,40)(H,31,33,34). The fourth-order valence-corrected chi connectivity index (χ4v) is 4.67. The van der Waals surface area contributed by atoms with Crippen molar-refractivity contribution in [2.45, 2.75) is 0 Å². The van der Waals surface area contributed by atoms with Gasteiger partial charge < -0.3 is 20.6 Å². The Morgan fingerprint density at radius 2 is 1.85 bits per heavy atom. The molecule has 1 aliphatic rings. The summed E-state index contributed by atoms with van der Waals surface area (Å²) in [7, 11) is 0. The number of nitrogens with one attached hydrogen (secondary N) is 2. The molecule has 40 heavy (non-hydrogen) atoms. The number of piperazine rings is 1. The predicted molar refractivity (Wildman–Crippen MR) is 154 cm³/mol. The molecule has 2 aromatic heterocycles.